The first-order valence-corrected chi connectivity index (χ1v) is 7.81. The van der Waals surface area contributed by atoms with Gasteiger partial charge < -0.3 is 9.67 Å². The number of hydrogen-bond donors (Lipinski definition) is 1. The van der Waals surface area contributed by atoms with Crippen LogP contribution in [0.3, 0.4) is 0 Å². The molecule has 1 aliphatic carbocycles. The monoisotopic (exact) mass is 264 g/mol. The van der Waals surface area contributed by atoms with Crippen LogP contribution < -0.4 is 0 Å². The Morgan fingerprint density at radius 1 is 1.42 bits per heavy atom. The van der Waals surface area contributed by atoms with Crippen molar-refractivity contribution in [3.63, 3.8) is 0 Å². The molecular weight excluding hydrogens is 236 g/mol. The van der Waals surface area contributed by atoms with Gasteiger partial charge in [0.05, 0.1) is 5.60 Å². The lowest BCUT2D eigenvalue weighted by Gasteiger charge is -2.26. The van der Waals surface area contributed by atoms with Crippen LogP contribution in [0.25, 0.3) is 0 Å². The third-order valence-electron chi connectivity index (χ3n) is 4.70. The van der Waals surface area contributed by atoms with Gasteiger partial charge in [0.1, 0.15) is 5.82 Å². The lowest BCUT2D eigenvalue weighted by molar-refractivity contribution is 0.0150. The van der Waals surface area contributed by atoms with Gasteiger partial charge in [-0.2, -0.15) is 0 Å². The van der Waals surface area contributed by atoms with Gasteiger partial charge in [-0.1, -0.05) is 32.6 Å². The topological polar surface area (TPSA) is 38.1 Å². The highest BCUT2D eigenvalue weighted by Gasteiger charge is 2.30. The van der Waals surface area contributed by atoms with Crippen LogP contribution in [-0.2, 0) is 13.5 Å². The standard InChI is InChI=1S/C16H28N2O/c1-3-5-14-6-4-9-16(19,10-7-14)11-8-15-17-12-13-18(15)2/h12-14,19H,3-11H2,1-2H3. The molecule has 3 nitrogen and oxygen atoms in total. The molecule has 0 saturated heterocycles. The molecular formula is C16H28N2O. The Morgan fingerprint density at radius 3 is 2.95 bits per heavy atom. The van der Waals surface area contributed by atoms with Crippen molar-refractivity contribution in [1.29, 1.82) is 0 Å². The van der Waals surface area contributed by atoms with Crippen molar-refractivity contribution in [3.8, 4) is 0 Å². The predicted molar refractivity (Wildman–Crippen MR) is 78.0 cm³/mol. The molecule has 1 aromatic rings. The van der Waals surface area contributed by atoms with Gasteiger partial charge in [-0.15, -0.1) is 0 Å². The average Bonchev–Trinajstić information content (AvgIpc) is 2.70. The SMILES string of the molecule is CCCC1CCCC(O)(CCc2nccn2C)CC1. The van der Waals surface area contributed by atoms with Crippen molar-refractivity contribution >= 4 is 0 Å². The second-order valence-corrected chi connectivity index (χ2v) is 6.26. The summed E-state index contributed by atoms with van der Waals surface area (Å²) in [5.74, 6) is 1.93. The first-order chi connectivity index (χ1) is 9.13. The van der Waals surface area contributed by atoms with Gasteiger partial charge in [-0.3, -0.25) is 0 Å². The second-order valence-electron chi connectivity index (χ2n) is 6.26. The molecule has 0 spiro atoms. The molecule has 0 bridgehead atoms. The maximum Gasteiger partial charge on any atom is 0.108 e. The summed E-state index contributed by atoms with van der Waals surface area (Å²) in [7, 11) is 2.02. The van der Waals surface area contributed by atoms with Gasteiger partial charge in [0.25, 0.3) is 0 Å². The van der Waals surface area contributed by atoms with Crippen LogP contribution in [0.5, 0.6) is 0 Å². The molecule has 0 amide bonds. The van der Waals surface area contributed by atoms with Crippen molar-refractivity contribution < 1.29 is 5.11 Å². The van der Waals surface area contributed by atoms with Crippen LogP contribution in [-0.4, -0.2) is 20.3 Å². The summed E-state index contributed by atoms with van der Waals surface area (Å²) in [5, 5.41) is 10.8. The zero-order valence-electron chi connectivity index (χ0n) is 12.4. The summed E-state index contributed by atoms with van der Waals surface area (Å²) in [6.07, 6.45) is 13.8. The highest BCUT2D eigenvalue weighted by atomic mass is 16.3. The lowest BCUT2D eigenvalue weighted by Crippen LogP contribution is -2.29. The maximum atomic E-state index is 10.8. The van der Waals surface area contributed by atoms with E-state index < -0.39 is 5.60 Å². The molecule has 1 aromatic heterocycles. The Bertz CT molecular complexity index is 388. The highest BCUT2D eigenvalue weighted by molar-refractivity contribution is 4.94. The molecule has 108 valence electrons. The largest absolute Gasteiger partial charge is 0.390 e. The Morgan fingerprint density at radius 2 is 2.26 bits per heavy atom. The molecule has 0 radical (unpaired) electrons. The third kappa shape index (κ3) is 4.07. The van der Waals surface area contributed by atoms with Gasteiger partial charge in [-0.25, -0.2) is 4.98 Å². The Kier molecular flexibility index (Phi) is 5.03. The van der Waals surface area contributed by atoms with Gasteiger partial charge in [-0.05, 0) is 31.6 Å². The van der Waals surface area contributed by atoms with E-state index in [0.717, 1.165) is 37.4 Å². The summed E-state index contributed by atoms with van der Waals surface area (Å²) in [6.45, 7) is 2.26. The van der Waals surface area contributed by atoms with Crippen molar-refractivity contribution in [1.82, 2.24) is 9.55 Å². The van der Waals surface area contributed by atoms with Crippen LogP contribution in [0.1, 0.15) is 64.1 Å². The maximum absolute atomic E-state index is 10.8. The van der Waals surface area contributed by atoms with E-state index >= 15 is 0 Å². The molecule has 1 N–H and O–H groups in total. The summed E-state index contributed by atoms with van der Waals surface area (Å²) >= 11 is 0. The summed E-state index contributed by atoms with van der Waals surface area (Å²) < 4.78 is 2.06. The minimum absolute atomic E-state index is 0.450. The van der Waals surface area contributed by atoms with Crippen molar-refractivity contribution in [2.75, 3.05) is 0 Å². The smallest absolute Gasteiger partial charge is 0.108 e. The molecule has 1 saturated carbocycles. The first kappa shape index (κ1) is 14.6. The number of nitrogens with zero attached hydrogens (tertiary/aromatic N) is 2. The molecule has 2 unspecified atom stereocenters. The van der Waals surface area contributed by atoms with E-state index in [1.165, 1.54) is 32.1 Å². The molecule has 0 aromatic carbocycles. The molecule has 2 atom stereocenters. The second kappa shape index (κ2) is 6.56. The summed E-state index contributed by atoms with van der Waals surface area (Å²) in [4.78, 5) is 4.35. The molecule has 1 heterocycles. The minimum atomic E-state index is -0.450. The van der Waals surface area contributed by atoms with Crippen LogP contribution in [0, 0.1) is 5.92 Å². The number of aryl methyl sites for hydroxylation is 2. The Hall–Kier alpha value is -0.830. The van der Waals surface area contributed by atoms with E-state index in [9.17, 15) is 5.11 Å². The Balaban J connectivity index is 1.86. The van der Waals surface area contributed by atoms with E-state index in [1.807, 2.05) is 19.4 Å². The predicted octanol–water partition coefficient (Wildman–Crippen LogP) is 3.46. The first-order valence-electron chi connectivity index (χ1n) is 7.81. The van der Waals surface area contributed by atoms with Crippen LogP contribution in [0.15, 0.2) is 12.4 Å². The molecule has 3 heteroatoms. The minimum Gasteiger partial charge on any atom is -0.390 e. The molecule has 0 aliphatic heterocycles. The molecule has 19 heavy (non-hydrogen) atoms. The molecule has 1 aliphatic rings. The number of aromatic nitrogens is 2. The number of hydrogen-bond acceptors (Lipinski definition) is 2. The number of rotatable bonds is 5. The van der Waals surface area contributed by atoms with Crippen molar-refractivity contribution in [2.24, 2.45) is 13.0 Å². The molecule has 1 fully saturated rings. The van der Waals surface area contributed by atoms with Gasteiger partial charge in [0, 0.05) is 25.9 Å². The fourth-order valence-electron chi connectivity index (χ4n) is 3.39. The van der Waals surface area contributed by atoms with E-state index in [2.05, 4.69) is 16.5 Å². The van der Waals surface area contributed by atoms with Crippen LogP contribution in [0.2, 0.25) is 0 Å². The highest BCUT2D eigenvalue weighted by Crippen LogP contribution is 2.35. The van der Waals surface area contributed by atoms with E-state index in [0.29, 0.717) is 0 Å². The van der Waals surface area contributed by atoms with Gasteiger partial charge in [0.2, 0.25) is 0 Å². The summed E-state index contributed by atoms with van der Waals surface area (Å²) in [5.41, 5.74) is -0.450. The van der Waals surface area contributed by atoms with E-state index in [4.69, 9.17) is 0 Å². The Labute approximate surface area is 117 Å². The average molecular weight is 264 g/mol. The fourth-order valence-corrected chi connectivity index (χ4v) is 3.39. The van der Waals surface area contributed by atoms with Crippen molar-refractivity contribution in [2.45, 2.75) is 70.3 Å². The van der Waals surface area contributed by atoms with Crippen LogP contribution in [0.4, 0.5) is 0 Å². The van der Waals surface area contributed by atoms with Crippen molar-refractivity contribution in [3.05, 3.63) is 18.2 Å². The zero-order chi connectivity index (χ0) is 13.7. The van der Waals surface area contributed by atoms with Gasteiger partial charge >= 0.3 is 0 Å². The zero-order valence-corrected chi connectivity index (χ0v) is 12.4. The quantitative estimate of drug-likeness (QED) is 0.827. The number of aliphatic hydroxyl groups is 1. The van der Waals surface area contributed by atoms with E-state index in [-0.39, 0.29) is 0 Å². The number of imidazole rings is 1. The fraction of sp³-hybridized carbons (Fsp3) is 0.812. The summed E-state index contributed by atoms with van der Waals surface area (Å²) in [6, 6.07) is 0. The normalized spacial score (nSPS) is 28.3. The molecule has 2 rings (SSSR count). The third-order valence-corrected chi connectivity index (χ3v) is 4.70. The van der Waals surface area contributed by atoms with Gasteiger partial charge in [0.15, 0.2) is 0 Å². The lowest BCUT2D eigenvalue weighted by atomic mass is 9.88. The van der Waals surface area contributed by atoms with Crippen LogP contribution >= 0.6 is 0 Å². The van der Waals surface area contributed by atoms with E-state index in [1.54, 1.807) is 0 Å².